The van der Waals surface area contributed by atoms with Crippen molar-refractivity contribution < 1.29 is 88.9 Å². The number of hydrogen-bond acceptors (Lipinski definition) is 20. The first kappa shape index (κ1) is 36.9. The highest BCUT2D eigenvalue weighted by atomic mass is 32.3. The summed E-state index contributed by atoms with van der Waals surface area (Å²) < 4.78 is 151. The van der Waals surface area contributed by atoms with Crippen molar-refractivity contribution in [2.45, 2.75) is 57.3 Å². The zero-order chi connectivity index (χ0) is 31.5. The number of ether oxygens (including phenoxy) is 2. The third kappa shape index (κ3) is 12.4. The van der Waals surface area contributed by atoms with Crippen LogP contribution < -0.4 is 9.83 Å². The Labute approximate surface area is 229 Å². The zero-order valence-electron chi connectivity index (χ0n) is 20.5. The van der Waals surface area contributed by atoms with Crippen LogP contribution in [0.3, 0.4) is 0 Å². The summed E-state index contributed by atoms with van der Waals surface area (Å²) in [6.45, 7) is 1.92. The lowest BCUT2D eigenvalue weighted by atomic mass is 9.76. The largest absolute Gasteiger partial charge is 0.735 e. The molecule has 2 saturated heterocycles. The van der Waals surface area contributed by atoms with Crippen LogP contribution in [0.25, 0.3) is 0 Å². The van der Waals surface area contributed by atoms with E-state index in [0.717, 1.165) is 0 Å². The molecule has 7 unspecified atom stereocenters. The first-order chi connectivity index (χ1) is 17.7. The van der Waals surface area contributed by atoms with Crippen LogP contribution in [0, 0.1) is 11.3 Å². The normalized spacial score (nSPS) is 31.6. The smallest absolute Gasteiger partial charge is 0.217 e. The van der Waals surface area contributed by atoms with E-state index in [4.69, 9.17) is 4.74 Å². The molecule has 0 saturated carbocycles. The van der Waals surface area contributed by atoms with E-state index in [0.29, 0.717) is 0 Å². The molecule has 0 aromatic rings. The van der Waals surface area contributed by atoms with Gasteiger partial charge in [0.15, 0.2) is 10.3 Å². The zero-order valence-corrected chi connectivity index (χ0v) is 23.8. The molecule has 2 heterocycles. The third-order valence-corrected chi connectivity index (χ3v) is 7.58. The fraction of sp³-hybridized carbons (Fsp3) is 0.933. The number of carbonyl (C=O) groups excluding carboxylic acids is 1. The molecule has 40 heavy (non-hydrogen) atoms. The van der Waals surface area contributed by atoms with Crippen LogP contribution in [0.2, 0.25) is 0 Å². The van der Waals surface area contributed by atoms with Gasteiger partial charge >= 0.3 is 0 Å². The summed E-state index contributed by atoms with van der Waals surface area (Å²) in [5.74, 6) is -2.48. The van der Waals surface area contributed by atoms with Crippen LogP contribution in [0.5, 0.6) is 0 Å². The Morgan fingerprint density at radius 1 is 0.925 bits per heavy atom. The van der Waals surface area contributed by atoms with Crippen molar-refractivity contribution in [2.24, 2.45) is 11.3 Å². The van der Waals surface area contributed by atoms with Crippen molar-refractivity contribution in [2.75, 3.05) is 19.8 Å². The van der Waals surface area contributed by atoms with Gasteiger partial charge in [-0.05, 0) is 0 Å². The van der Waals surface area contributed by atoms with E-state index in [-0.39, 0.29) is 0 Å². The first-order valence-electron chi connectivity index (χ1n) is 10.5. The third-order valence-electron chi connectivity index (χ3n) is 5.64. The summed E-state index contributed by atoms with van der Waals surface area (Å²) in [5.41, 5.74) is -1.54. The summed E-state index contributed by atoms with van der Waals surface area (Å²) >= 11 is 0. The maximum atomic E-state index is 10.9. The van der Waals surface area contributed by atoms with Crippen molar-refractivity contribution in [1.29, 1.82) is 0 Å². The monoisotopic (exact) mass is 666 g/mol. The molecule has 0 spiro atoms. The number of hydrogen-bond donors (Lipinski definition) is 2. The van der Waals surface area contributed by atoms with Crippen LogP contribution in [-0.4, -0.2) is 119 Å². The first-order valence-corrected chi connectivity index (χ1v) is 15.9. The van der Waals surface area contributed by atoms with Gasteiger partial charge in [-0.2, -0.15) is 0 Å². The second-order valence-corrected chi connectivity index (χ2v) is 13.1. The lowest BCUT2D eigenvalue weighted by Crippen LogP contribution is -2.62. The maximum absolute atomic E-state index is 10.9. The molecule has 0 bridgehead atoms. The van der Waals surface area contributed by atoms with E-state index >= 15 is 0 Å². The Kier molecular flexibility index (Phi) is 12.4. The number of carboxylic acid groups (broad SMARTS) is 1. The van der Waals surface area contributed by atoms with Crippen molar-refractivity contribution in [3.8, 4) is 0 Å². The number of carbonyl (C=O) groups is 1. The lowest BCUT2D eigenvalue weighted by Gasteiger charge is -2.48. The molecule has 238 valence electrons. The van der Waals surface area contributed by atoms with E-state index in [1.807, 2.05) is 0 Å². The van der Waals surface area contributed by atoms with Gasteiger partial charge in [0.1, 0.15) is 18.3 Å². The van der Waals surface area contributed by atoms with E-state index in [1.54, 1.807) is 0 Å². The highest BCUT2D eigenvalue weighted by Crippen LogP contribution is 2.37. The molecule has 2 rings (SSSR count). The minimum Gasteiger partial charge on any atom is -0.735 e. The fourth-order valence-electron chi connectivity index (χ4n) is 3.65. The molecule has 0 radical (unpaired) electrons. The SMILES string of the molecule is CC1(C)C(COS(=O)(=O)[O-])OCC(NS(=O)(=O)[O-])C1OS(=O)(=O)[O-].CC1C(OS(=O)(=O)[O-])COC(C(=O)[O-])C1O. The van der Waals surface area contributed by atoms with Crippen LogP contribution in [0.4, 0.5) is 0 Å². The molecule has 0 amide bonds. The van der Waals surface area contributed by atoms with Crippen molar-refractivity contribution in [3.63, 3.8) is 0 Å². The molecule has 25 heteroatoms. The van der Waals surface area contributed by atoms with Crippen molar-refractivity contribution >= 4 is 47.5 Å². The molecule has 0 aliphatic carbocycles. The fourth-order valence-corrected chi connectivity index (χ4v) is 5.67. The molecule has 21 nitrogen and oxygen atoms in total. The van der Waals surface area contributed by atoms with Gasteiger partial charge in [-0.25, -0.2) is 38.4 Å². The lowest BCUT2D eigenvalue weighted by molar-refractivity contribution is -0.325. The maximum Gasteiger partial charge on any atom is 0.217 e. The number of rotatable bonds is 10. The summed E-state index contributed by atoms with van der Waals surface area (Å²) in [7, 11) is -20.4. The van der Waals surface area contributed by atoms with Gasteiger partial charge in [0.25, 0.3) is 0 Å². The molecule has 2 aliphatic heterocycles. The average Bonchev–Trinajstić information content (AvgIpc) is 2.70. The summed E-state index contributed by atoms with van der Waals surface area (Å²) in [4.78, 5) is 10.5. The predicted octanol–water partition coefficient (Wildman–Crippen LogP) is -5.87. The van der Waals surface area contributed by atoms with E-state index < -0.39 is 115 Å². The summed E-state index contributed by atoms with van der Waals surface area (Å²) in [6, 6.07) is -1.55. The van der Waals surface area contributed by atoms with Gasteiger partial charge in [0, 0.05) is 11.3 Å². The number of nitrogens with one attached hydrogen (secondary N) is 1. The van der Waals surface area contributed by atoms with Gasteiger partial charge in [-0.1, -0.05) is 20.8 Å². The van der Waals surface area contributed by atoms with E-state index in [2.05, 4.69) is 17.3 Å². The van der Waals surface area contributed by atoms with Gasteiger partial charge in [-0.15, -0.1) is 0 Å². The summed E-state index contributed by atoms with van der Waals surface area (Å²) in [5, 5.41) is 19.9. The van der Waals surface area contributed by atoms with Gasteiger partial charge in [0.2, 0.25) is 31.2 Å². The molecular formula is C15H24NO20S4-5. The Morgan fingerprint density at radius 2 is 1.45 bits per heavy atom. The minimum atomic E-state index is -5.31. The number of aliphatic hydroxyl groups is 1. The molecule has 0 aromatic heterocycles. The molecule has 2 aliphatic rings. The van der Waals surface area contributed by atoms with Gasteiger partial charge in [0.05, 0.1) is 44.0 Å². The topological polar surface area (TPSA) is 347 Å². The van der Waals surface area contributed by atoms with Crippen LogP contribution in [0.1, 0.15) is 20.8 Å². The molecular weight excluding hydrogens is 642 g/mol. The number of aliphatic hydroxyl groups excluding tert-OH is 1. The van der Waals surface area contributed by atoms with Crippen molar-refractivity contribution in [3.05, 3.63) is 0 Å². The molecule has 2 N–H and O–H groups in total. The van der Waals surface area contributed by atoms with Crippen LogP contribution >= 0.6 is 0 Å². The quantitative estimate of drug-likeness (QED) is 0.162. The number of carboxylic acids is 1. The van der Waals surface area contributed by atoms with E-state index in [9.17, 15) is 66.9 Å². The van der Waals surface area contributed by atoms with Crippen LogP contribution in [0.15, 0.2) is 0 Å². The highest BCUT2D eigenvalue weighted by molar-refractivity contribution is 7.83. The standard InChI is InChI=1S/C8H17NO12S3.C7H12O8S/c1-8(2)6(4-20-23(13,14)15)19-3-5(9-22(10,11)12)7(8)21-24(16,17)18;1-3-4(15-16(11,12)13)2-14-6(5(3)8)7(9)10/h5-7,9H,3-4H2,1-2H3,(H,10,11,12)(H,13,14,15)(H,16,17,18);3-6,8H,2H2,1H3,(H,9,10)(H,11,12,13)/p-5. The Balaban J connectivity index is 0.000000433. The Morgan fingerprint density at radius 3 is 1.88 bits per heavy atom. The van der Waals surface area contributed by atoms with Crippen LogP contribution in [-0.2, 0) is 68.3 Å². The van der Waals surface area contributed by atoms with Gasteiger partial charge in [-0.3, -0.25) is 12.5 Å². The molecule has 0 aromatic carbocycles. The predicted molar refractivity (Wildman–Crippen MR) is 115 cm³/mol. The molecule has 7 atom stereocenters. The van der Waals surface area contributed by atoms with E-state index in [1.165, 1.54) is 25.5 Å². The molecule has 2 fully saturated rings. The van der Waals surface area contributed by atoms with Crippen molar-refractivity contribution in [1.82, 2.24) is 4.72 Å². The number of aliphatic carboxylic acids is 1. The minimum absolute atomic E-state index is 0.418. The second kappa shape index (κ2) is 13.4. The average molecular weight is 667 g/mol. The van der Waals surface area contributed by atoms with Gasteiger partial charge < -0.3 is 42.7 Å². The highest BCUT2D eigenvalue weighted by Gasteiger charge is 2.49. The Bertz CT molecular complexity index is 1310. The second-order valence-electron chi connectivity index (χ2n) is 8.91. The summed E-state index contributed by atoms with van der Waals surface area (Å²) in [6.07, 6.45) is -7.23. The Hall–Kier alpha value is -1.17.